The van der Waals surface area contributed by atoms with E-state index < -0.39 is 10.6 Å². The number of non-ortho nitro benzene ring substituents is 1. The summed E-state index contributed by atoms with van der Waals surface area (Å²) in [4.78, 5) is 25.7. The van der Waals surface area contributed by atoms with Crippen molar-refractivity contribution in [3.8, 4) is 17.1 Å². The molecular weight excluding hydrogens is 343 g/mol. The predicted octanol–water partition coefficient (Wildman–Crippen LogP) is 3.44. The fourth-order valence-corrected chi connectivity index (χ4v) is 2.36. The highest BCUT2D eigenvalue weighted by Gasteiger charge is 2.13. The van der Waals surface area contributed by atoms with Crippen LogP contribution in [0.3, 0.4) is 0 Å². The van der Waals surface area contributed by atoms with E-state index in [9.17, 15) is 14.9 Å². The number of hydrogen-bond donors (Lipinski definition) is 1. The van der Waals surface area contributed by atoms with Crippen LogP contribution < -0.4 is 5.69 Å². The first kappa shape index (κ1) is 15.3. The number of H-pyrrole nitrogens is 1. The summed E-state index contributed by atoms with van der Waals surface area (Å²) in [5, 5.41) is 14.0. The van der Waals surface area contributed by atoms with Crippen LogP contribution in [0, 0.1) is 10.1 Å². The Hall–Kier alpha value is -2.64. The maximum Gasteiger partial charge on any atom is 0.362 e. The minimum absolute atomic E-state index is 0.0488. The topological polar surface area (TPSA) is 93.8 Å². The zero-order chi connectivity index (χ0) is 16.6. The van der Waals surface area contributed by atoms with Crippen molar-refractivity contribution in [2.75, 3.05) is 0 Å². The zero-order valence-corrected chi connectivity index (χ0v) is 12.9. The van der Waals surface area contributed by atoms with E-state index in [1.54, 1.807) is 18.2 Å². The Labute approximate surface area is 139 Å². The summed E-state index contributed by atoms with van der Waals surface area (Å²) in [7, 11) is 0. The Bertz CT molecular complexity index is 947. The van der Waals surface area contributed by atoms with Gasteiger partial charge in [-0.3, -0.25) is 10.1 Å². The van der Waals surface area contributed by atoms with Gasteiger partial charge in [0.05, 0.1) is 20.7 Å². The molecule has 7 nitrogen and oxygen atoms in total. The third kappa shape index (κ3) is 2.96. The van der Waals surface area contributed by atoms with E-state index in [0.29, 0.717) is 27.1 Å². The third-order valence-electron chi connectivity index (χ3n) is 3.12. The molecule has 0 atom stereocenters. The molecule has 0 saturated carbocycles. The zero-order valence-electron chi connectivity index (χ0n) is 11.4. The summed E-state index contributed by atoms with van der Waals surface area (Å²) in [5.74, 6) is 0.322. The lowest BCUT2D eigenvalue weighted by Gasteiger charge is -2.07. The monoisotopic (exact) mass is 350 g/mol. The molecule has 2 aromatic carbocycles. The second-order valence-electron chi connectivity index (χ2n) is 4.59. The number of nitro groups is 1. The van der Waals surface area contributed by atoms with Crippen LogP contribution in [0.15, 0.2) is 47.3 Å². The number of nitro benzene ring substituents is 1. The van der Waals surface area contributed by atoms with Gasteiger partial charge in [0.2, 0.25) is 0 Å². The number of aromatic amines is 1. The Morgan fingerprint density at radius 3 is 2.39 bits per heavy atom. The van der Waals surface area contributed by atoms with Gasteiger partial charge in [0.25, 0.3) is 5.69 Å². The molecule has 0 unspecified atom stereocenters. The van der Waals surface area contributed by atoms with E-state index in [1.807, 2.05) is 0 Å². The average molecular weight is 351 g/mol. The molecule has 1 heterocycles. The molecule has 23 heavy (non-hydrogen) atoms. The lowest BCUT2D eigenvalue weighted by molar-refractivity contribution is -0.384. The van der Waals surface area contributed by atoms with E-state index >= 15 is 0 Å². The normalized spacial score (nSPS) is 10.7. The van der Waals surface area contributed by atoms with Crippen molar-refractivity contribution in [1.29, 1.82) is 0 Å². The van der Waals surface area contributed by atoms with Crippen LogP contribution in [0.4, 0.5) is 5.69 Å². The van der Waals surface area contributed by atoms with Crippen LogP contribution in [0.1, 0.15) is 0 Å². The van der Waals surface area contributed by atoms with E-state index in [4.69, 9.17) is 23.2 Å². The van der Waals surface area contributed by atoms with Crippen LogP contribution in [0.5, 0.6) is 0 Å². The highest BCUT2D eigenvalue weighted by molar-refractivity contribution is 6.42. The van der Waals surface area contributed by atoms with Crippen molar-refractivity contribution < 1.29 is 4.92 Å². The molecule has 0 fully saturated rings. The fraction of sp³-hybridized carbons (Fsp3) is 0. The number of benzene rings is 2. The lowest BCUT2D eigenvalue weighted by Crippen LogP contribution is -2.05. The molecule has 9 heteroatoms. The Morgan fingerprint density at radius 2 is 1.78 bits per heavy atom. The van der Waals surface area contributed by atoms with Crippen LogP contribution >= 0.6 is 23.2 Å². The van der Waals surface area contributed by atoms with E-state index in [0.717, 1.165) is 0 Å². The first-order chi connectivity index (χ1) is 11.0. The predicted molar refractivity (Wildman–Crippen MR) is 86.3 cm³/mol. The van der Waals surface area contributed by atoms with Gasteiger partial charge in [0, 0.05) is 17.7 Å². The minimum Gasteiger partial charge on any atom is -0.258 e. The third-order valence-corrected chi connectivity index (χ3v) is 3.86. The van der Waals surface area contributed by atoms with Crippen molar-refractivity contribution in [2.24, 2.45) is 0 Å². The van der Waals surface area contributed by atoms with Gasteiger partial charge in [-0.1, -0.05) is 23.2 Å². The number of halogens is 2. The number of nitrogens with zero attached hydrogens (tertiary/aromatic N) is 3. The molecule has 0 radical (unpaired) electrons. The van der Waals surface area contributed by atoms with Gasteiger partial charge in [-0.05, 0) is 30.3 Å². The van der Waals surface area contributed by atoms with Crippen molar-refractivity contribution in [3.63, 3.8) is 0 Å². The molecule has 3 rings (SSSR count). The fourth-order valence-electron chi connectivity index (χ4n) is 2.06. The molecule has 3 aromatic rings. The number of nitrogens with one attached hydrogen (secondary N) is 1. The molecule has 0 bridgehead atoms. The standard InChI is InChI=1S/C14H8Cl2N4O3/c15-11-6-1-8(7-12(11)16)13-17-14(21)18-19(13)9-2-4-10(5-3-9)20(22)23/h1-7H,(H,18,21). The second-order valence-corrected chi connectivity index (χ2v) is 5.40. The van der Waals surface area contributed by atoms with Crippen LogP contribution in [0.2, 0.25) is 10.0 Å². The highest BCUT2D eigenvalue weighted by atomic mass is 35.5. The number of rotatable bonds is 3. The molecule has 1 N–H and O–H groups in total. The molecule has 0 saturated heterocycles. The van der Waals surface area contributed by atoms with Gasteiger partial charge in [-0.25, -0.2) is 14.6 Å². The summed E-state index contributed by atoms with van der Waals surface area (Å²) in [6.07, 6.45) is 0. The summed E-state index contributed by atoms with van der Waals surface area (Å²) in [6.45, 7) is 0. The minimum atomic E-state index is -0.551. The Morgan fingerprint density at radius 1 is 1.09 bits per heavy atom. The SMILES string of the molecule is O=c1nc(-c2ccc(Cl)c(Cl)c2)n(-c2ccc([N+](=O)[O-])cc2)[nH]1. The van der Waals surface area contributed by atoms with E-state index in [-0.39, 0.29) is 5.69 Å². The van der Waals surface area contributed by atoms with Gasteiger partial charge < -0.3 is 0 Å². The molecule has 1 aromatic heterocycles. The smallest absolute Gasteiger partial charge is 0.258 e. The molecule has 0 spiro atoms. The van der Waals surface area contributed by atoms with Crippen molar-refractivity contribution in [2.45, 2.75) is 0 Å². The summed E-state index contributed by atoms with van der Waals surface area (Å²) < 4.78 is 1.42. The summed E-state index contributed by atoms with van der Waals surface area (Å²) in [6, 6.07) is 10.6. The van der Waals surface area contributed by atoms with Gasteiger partial charge in [0.15, 0.2) is 5.82 Å². The molecule has 0 amide bonds. The van der Waals surface area contributed by atoms with Crippen LogP contribution in [-0.2, 0) is 0 Å². The molecular formula is C14H8Cl2N4O3. The Balaban J connectivity index is 2.12. The molecule has 116 valence electrons. The van der Waals surface area contributed by atoms with Gasteiger partial charge >= 0.3 is 5.69 Å². The van der Waals surface area contributed by atoms with Crippen molar-refractivity contribution in [1.82, 2.24) is 14.8 Å². The lowest BCUT2D eigenvalue weighted by atomic mass is 10.2. The first-order valence-corrected chi connectivity index (χ1v) is 7.10. The van der Waals surface area contributed by atoms with Gasteiger partial charge in [-0.15, -0.1) is 0 Å². The summed E-state index contributed by atoms with van der Waals surface area (Å²) in [5.41, 5.74) is 0.499. The molecule has 0 aliphatic rings. The van der Waals surface area contributed by atoms with Crippen LogP contribution in [-0.4, -0.2) is 19.7 Å². The molecule has 0 aliphatic heterocycles. The largest absolute Gasteiger partial charge is 0.362 e. The van der Waals surface area contributed by atoms with E-state index in [1.165, 1.54) is 28.9 Å². The van der Waals surface area contributed by atoms with Crippen molar-refractivity contribution in [3.05, 3.63) is 73.1 Å². The number of hydrogen-bond acceptors (Lipinski definition) is 4. The van der Waals surface area contributed by atoms with Gasteiger partial charge in [0.1, 0.15) is 0 Å². The van der Waals surface area contributed by atoms with E-state index in [2.05, 4.69) is 10.1 Å². The maximum absolute atomic E-state index is 11.6. The highest BCUT2D eigenvalue weighted by Crippen LogP contribution is 2.28. The molecule has 0 aliphatic carbocycles. The van der Waals surface area contributed by atoms with Crippen molar-refractivity contribution >= 4 is 28.9 Å². The first-order valence-electron chi connectivity index (χ1n) is 6.35. The second kappa shape index (κ2) is 5.86. The average Bonchev–Trinajstić information content (AvgIpc) is 2.92. The van der Waals surface area contributed by atoms with Crippen LogP contribution in [0.25, 0.3) is 17.1 Å². The van der Waals surface area contributed by atoms with Gasteiger partial charge in [-0.2, -0.15) is 4.98 Å². The Kier molecular flexibility index (Phi) is 3.89. The quantitative estimate of drug-likeness (QED) is 0.578. The maximum atomic E-state index is 11.6. The summed E-state index contributed by atoms with van der Waals surface area (Å²) >= 11 is 11.9. The number of aromatic nitrogens is 3.